The molecule has 0 spiro atoms. The molecule has 0 saturated heterocycles. The van der Waals surface area contributed by atoms with E-state index in [0.717, 1.165) is 12.1 Å². The minimum absolute atomic E-state index is 0.350. The van der Waals surface area contributed by atoms with E-state index in [9.17, 15) is 0 Å². The van der Waals surface area contributed by atoms with E-state index in [0.29, 0.717) is 11.3 Å². The Bertz CT molecular complexity index is 119. The summed E-state index contributed by atoms with van der Waals surface area (Å²) in [6.45, 7) is 10.8. The zero-order valence-corrected chi connectivity index (χ0v) is 7.78. The largest absolute Gasteiger partial charge is 0.310 e. The highest BCUT2D eigenvalue weighted by molar-refractivity contribution is 5.78. The molecule has 0 aromatic heterocycles. The minimum Gasteiger partial charge on any atom is -0.310 e. The van der Waals surface area contributed by atoms with Crippen molar-refractivity contribution >= 4 is 5.71 Å². The molecule has 0 aromatic carbocycles. The summed E-state index contributed by atoms with van der Waals surface area (Å²) in [5, 5.41) is 7.30. The van der Waals surface area contributed by atoms with E-state index >= 15 is 0 Å². The van der Waals surface area contributed by atoms with Crippen LogP contribution in [-0.2, 0) is 0 Å². The van der Waals surface area contributed by atoms with E-state index in [4.69, 9.17) is 5.41 Å². The fourth-order valence-electron chi connectivity index (χ4n) is 0.765. The lowest BCUT2D eigenvalue weighted by molar-refractivity contribution is 0.269. The van der Waals surface area contributed by atoms with Gasteiger partial charge < -0.3 is 5.41 Å². The molecule has 1 atom stereocenters. The fraction of sp³-hybridized carbons (Fsp3) is 0.889. The van der Waals surface area contributed by atoms with Crippen molar-refractivity contribution in [3.05, 3.63) is 0 Å². The molecule has 0 aliphatic rings. The highest BCUT2D eigenvalue weighted by Crippen LogP contribution is 2.27. The van der Waals surface area contributed by atoms with Crippen molar-refractivity contribution < 1.29 is 0 Å². The maximum absolute atomic E-state index is 7.30. The third-order valence-corrected chi connectivity index (χ3v) is 2.09. The SMILES string of the molecule is CC(=N)CC(C)C(C)(C)C. The van der Waals surface area contributed by atoms with Gasteiger partial charge in [0.15, 0.2) is 0 Å². The second-order valence-electron chi connectivity index (χ2n) is 4.25. The van der Waals surface area contributed by atoms with E-state index in [2.05, 4.69) is 27.7 Å². The van der Waals surface area contributed by atoms with Gasteiger partial charge in [-0.1, -0.05) is 27.7 Å². The lowest BCUT2D eigenvalue weighted by atomic mass is 9.79. The Morgan fingerprint density at radius 2 is 1.80 bits per heavy atom. The molecule has 60 valence electrons. The van der Waals surface area contributed by atoms with Crippen LogP contribution in [0, 0.1) is 16.7 Å². The van der Waals surface area contributed by atoms with Gasteiger partial charge in [-0.15, -0.1) is 0 Å². The normalized spacial score (nSPS) is 14.9. The molecule has 1 heteroatoms. The monoisotopic (exact) mass is 141 g/mol. The van der Waals surface area contributed by atoms with Crippen LogP contribution in [-0.4, -0.2) is 5.71 Å². The van der Waals surface area contributed by atoms with Crippen molar-refractivity contribution in [3.63, 3.8) is 0 Å². The summed E-state index contributed by atoms with van der Waals surface area (Å²) < 4.78 is 0. The lowest BCUT2D eigenvalue weighted by Crippen LogP contribution is -2.19. The summed E-state index contributed by atoms with van der Waals surface area (Å²) in [4.78, 5) is 0. The van der Waals surface area contributed by atoms with Gasteiger partial charge in [-0.25, -0.2) is 0 Å². The molecule has 0 amide bonds. The van der Waals surface area contributed by atoms with Crippen molar-refractivity contribution in [1.29, 1.82) is 5.41 Å². The van der Waals surface area contributed by atoms with Gasteiger partial charge in [-0.05, 0) is 24.7 Å². The molecular formula is C9H19N. The molecule has 0 heterocycles. The van der Waals surface area contributed by atoms with Crippen LogP contribution in [0.5, 0.6) is 0 Å². The third-order valence-electron chi connectivity index (χ3n) is 2.09. The third kappa shape index (κ3) is 3.65. The number of rotatable bonds is 2. The zero-order valence-electron chi connectivity index (χ0n) is 7.78. The van der Waals surface area contributed by atoms with Crippen LogP contribution >= 0.6 is 0 Å². The average molecular weight is 141 g/mol. The highest BCUT2D eigenvalue weighted by Gasteiger charge is 2.19. The average Bonchev–Trinajstić information content (AvgIpc) is 1.60. The van der Waals surface area contributed by atoms with E-state index in [1.165, 1.54) is 0 Å². The molecule has 1 N–H and O–H groups in total. The Balaban J connectivity index is 3.85. The smallest absolute Gasteiger partial charge is 0.00610 e. The maximum atomic E-state index is 7.30. The lowest BCUT2D eigenvalue weighted by Gasteiger charge is -2.26. The van der Waals surface area contributed by atoms with Gasteiger partial charge in [0.1, 0.15) is 0 Å². The molecule has 0 rings (SSSR count). The van der Waals surface area contributed by atoms with E-state index in [-0.39, 0.29) is 0 Å². The van der Waals surface area contributed by atoms with Crippen molar-refractivity contribution in [2.45, 2.75) is 41.0 Å². The number of nitrogens with one attached hydrogen (secondary N) is 1. The molecule has 10 heavy (non-hydrogen) atoms. The Morgan fingerprint density at radius 3 is 1.90 bits per heavy atom. The maximum Gasteiger partial charge on any atom is 0.00610 e. The molecule has 0 fully saturated rings. The minimum atomic E-state index is 0.350. The molecular weight excluding hydrogens is 122 g/mol. The van der Waals surface area contributed by atoms with Crippen molar-refractivity contribution in [2.24, 2.45) is 11.3 Å². The van der Waals surface area contributed by atoms with Gasteiger partial charge in [0.05, 0.1) is 0 Å². The highest BCUT2D eigenvalue weighted by atomic mass is 14.4. The quantitative estimate of drug-likeness (QED) is 0.571. The predicted octanol–water partition coefficient (Wildman–Crippen LogP) is 3.10. The Hall–Kier alpha value is -0.330. The van der Waals surface area contributed by atoms with Gasteiger partial charge in [0.2, 0.25) is 0 Å². The molecule has 1 nitrogen and oxygen atoms in total. The van der Waals surface area contributed by atoms with Crippen LogP contribution in [0.2, 0.25) is 0 Å². The molecule has 0 aliphatic carbocycles. The van der Waals surface area contributed by atoms with E-state index < -0.39 is 0 Å². The van der Waals surface area contributed by atoms with Gasteiger partial charge in [0.25, 0.3) is 0 Å². The molecule has 0 aromatic rings. The van der Waals surface area contributed by atoms with Crippen LogP contribution in [0.1, 0.15) is 41.0 Å². The summed E-state index contributed by atoms with van der Waals surface area (Å²) in [6, 6.07) is 0. The van der Waals surface area contributed by atoms with Crippen LogP contribution in [0.4, 0.5) is 0 Å². The van der Waals surface area contributed by atoms with E-state index in [1.54, 1.807) is 0 Å². The molecule has 1 unspecified atom stereocenters. The molecule has 0 aliphatic heterocycles. The molecule has 0 saturated carbocycles. The second-order valence-corrected chi connectivity index (χ2v) is 4.25. The van der Waals surface area contributed by atoms with Crippen molar-refractivity contribution in [2.75, 3.05) is 0 Å². The number of hydrogen-bond donors (Lipinski definition) is 1. The second kappa shape index (κ2) is 3.18. The van der Waals surface area contributed by atoms with Crippen LogP contribution in [0.3, 0.4) is 0 Å². The zero-order chi connectivity index (χ0) is 8.36. The molecule has 0 bridgehead atoms. The van der Waals surface area contributed by atoms with Gasteiger partial charge >= 0.3 is 0 Å². The summed E-state index contributed by atoms with van der Waals surface area (Å²) in [5.41, 5.74) is 1.14. The fourth-order valence-corrected chi connectivity index (χ4v) is 0.765. The summed E-state index contributed by atoms with van der Waals surface area (Å²) in [5.74, 6) is 0.616. The topological polar surface area (TPSA) is 23.9 Å². The predicted molar refractivity (Wildman–Crippen MR) is 46.6 cm³/mol. The first-order chi connectivity index (χ1) is 4.34. The molecule has 0 radical (unpaired) electrons. The summed E-state index contributed by atoms with van der Waals surface area (Å²) >= 11 is 0. The van der Waals surface area contributed by atoms with Gasteiger partial charge in [-0.3, -0.25) is 0 Å². The summed E-state index contributed by atoms with van der Waals surface area (Å²) in [7, 11) is 0. The number of hydrogen-bond acceptors (Lipinski definition) is 1. The van der Waals surface area contributed by atoms with Crippen molar-refractivity contribution in [1.82, 2.24) is 0 Å². The van der Waals surface area contributed by atoms with Gasteiger partial charge in [0, 0.05) is 5.71 Å². The Kier molecular flexibility index (Phi) is 3.07. The van der Waals surface area contributed by atoms with Crippen molar-refractivity contribution in [3.8, 4) is 0 Å². The Labute approximate surface area is 64.3 Å². The van der Waals surface area contributed by atoms with Crippen LogP contribution < -0.4 is 0 Å². The van der Waals surface area contributed by atoms with Crippen LogP contribution in [0.25, 0.3) is 0 Å². The van der Waals surface area contributed by atoms with Crippen LogP contribution in [0.15, 0.2) is 0 Å². The first-order valence-corrected chi connectivity index (χ1v) is 3.88. The first kappa shape index (κ1) is 9.67. The standard InChI is InChI=1S/C9H19N/c1-7(6-8(2)10)9(3,4)5/h7,10H,6H2,1-5H3. The van der Waals surface area contributed by atoms with E-state index in [1.807, 2.05) is 6.92 Å². The first-order valence-electron chi connectivity index (χ1n) is 3.88. The van der Waals surface area contributed by atoms with Gasteiger partial charge in [-0.2, -0.15) is 0 Å². The summed E-state index contributed by atoms with van der Waals surface area (Å²) in [6.07, 6.45) is 0.934. The Morgan fingerprint density at radius 1 is 1.40 bits per heavy atom.